The second-order valence-electron chi connectivity index (χ2n) is 3.68. The van der Waals surface area contributed by atoms with Gasteiger partial charge in [0.1, 0.15) is 11.5 Å². The van der Waals surface area contributed by atoms with Crippen molar-refractivity contribution in [3.8, 4) is 5.75 Å². The fourth-order valence-corrected chi connectivity index (χ4v) is 1.57. The Kier molecular flexibility index (Phi) is 3.62. The zero-order chi connectivity index (χ0) is 11.2. The third-order valence-electron chi connectivity index (χ3n) is 2.37. The van der Waals surface area contributed by atoms with Crippen LogP contribution >= 0.6 is 0 Å². The second-order valence-corrected chi connectivity index (χ2v) is 3.68. The smallest absolute Gasteiger partial charge is 0.115 e. The molecular weight excluding hydrogens is 202 g/mol. The number of aromatic hydroxyl groups is 1. The summed E-state index contributed by atoms with van der Waals surface area (Å²) in [6.45, 7) is 1.62. The molecule has 1 aromatic carbocycles. The van der Waals surface area contributed by atoms with Crippen LogP contribution in [0.2, 0.25) is 0 Å². The third-order valence-corrected chi connectivity index (χ3v) is 2.37. The van der Waals surface area contributed by atoms with E-state index >= 15 is 0 Å². The second kappa shape index (κ2) is 5.37. The van der Waals surface area contributed by atoms with Gasteiger partial charge in [0.2, 0.25) is 0 Å². The van der Waals surface area contributed by atoms with Crippen molar-refractivity contribution < 1.29 is 9.52 Å². The van der Waals surface area contributed by atoms with Crippen LogP contribution in [0.5, 0.6) is 5.75 Å². The molecule has 3 heteroatoms. The van der Waals surface area contributed by atoms with Gasteiger partial charge in [0, 0.05) is 19.5 Å². The molecule has 3 nitrogen and oxygen atoms in total. The molecule has 2 N–H and O–H groups in total. The number of hydrogen-bond acceptors (Lipinski definition) is 3. The predicted molar refractivity (Wildman–Crippen MR) is 62.2 cm³/mol. The highest BCUT2D eigenvalue weighted by atomic mass is 16.3. The first-order valence-electron chi connectivity index (χ1n) is 5.35. The van der Waals surface area contributed by atoms with Crippen LogP contribution in [-0.2, 0) is 13.0 Å². The van der Waals surface area contributed by atoms with Crippen LogP contribution in [0.1, 0.15) is 11.3 Å². The molecule has 0 unspecified atom stereocenters. The number of benzene rings is 1. The van der Waals surface area contributed by atoms with E-state index in [-0.39, 0.29) is 0 Å². The zero-order valence-corrected chi connectivity index (χ0v) is 9.02. The predicted octanol–water partition coefficient (Wildman–Crippen LogP) is 2.32. The maximum atomic E-state index is 9.28. The van der Waals surface area contributed by atoms with Gasteiger partial charge in [-0.05, 0) is 29.8 Å². The van der Waals surface area contributed by atoms with E-state index in [1.807, 2.05) is 24.3 Å². The SMILES string of the molecule is Oc1cccc(CNCCc2ccco2)c1. The van der Waals surface area contributed by atoms with Crippen LogP contribution in [0.25, 0.3) is 0 Å². The summed E-state index contributed by atoms with van der Waals surface area (Å²) < 4.78 is 5.22. The van der Waals surface area contributed by atoms with Gasteiger partial charge >= 0.3 is 0 Å². The summed E-state index contributed by atoms with van der Waals surface area (Å²) in [6, 6.07) is 11.1. The summed E-state index contributed by atoms with van der Waals surface area (Å²) in [5.41, 5.74) is 1.08. The molecule has 16 heavy (non-hydrogen) atoms. The van der Waals surface area contributed by atoms with E-state index < -0.39 is 0 Å². The summed E-state index contributed by atoms with van der Waals surface area (Å²) in [6.07, 6.45) is 2.57. The lowest BCUT2D eigenvalue weighted by molar-refractivity contribution is 0.473. The van der Waals surface area contributed by atoms with Crippen molar-refractivity contribution in [3.63, 3.8) is 0 Å². The van der Waals surface area contributed by atoms with Crippen LogP contribution in [0.4, 0.5) is 0 Å². The Balaban J connectivity index is 1.72. The molecule has 1 heterocycles. The van der Waals surface area contributed by atoms with Crippen LogP contribution in [-0.4, -0.2) is 11.7 Å². The van der Waals surface area contributed by atoms with Crippen molar-refractivity contribution in [1.82, 2.24) is 5.32 Å². The number of hydrogen-bond donors (Lipinski definition) is 2. The molecule has 0 aliphatic rings. The van der Waals surface area contributed by atoms with Crippen molar-refractivity contribution in [2.45, 2.75) is 13.0 Å². The molecule has 0 bridgehead atoms. The summed E-state index contributed by atoms with van der Waals surface area (Å²) in [4.78, 5) is 0. The first-order valence-corrected chi connectivity index (χ1v) is 5.35. The van der Waals surface area contributed by atoms with Crippen molar-refractivity contribution in [1.29, 1.82) is 0 Å². The highest BCUT2D eigenvalue weighted by molar-refractivity contribution is 5.26. The number of phenols is 1. The minimum Gasteiger partial charge on any atom is -0.508 e. The molecule has 0 fully saturated rings. The highest BCUT2D eigenvalue weighted by Gasteiger charge is 1.96. The fraction of sp³-hybridized carbons (Fsp3) is 0.231. The van der Waals surface area contributed by atoms with Crippen LogP contribution in [0, 0.1) is 0 Å². The monoisotopic (exact) mass is 217 g/mol. The molecule has 2 aromatic rings. The van der Waals surface area contributed by atoms with Gasteiger partial charge in [0.05, 0.1) is 6.26 Å². The maximum Gasteiger partial charge on any atom is 0.115 e. The lowest BCUT2D eigenvalue weighted by Crippen LogP contribution is -2.16. The van der Waals surface area contributed by atoms with E-state index in [0.717, 1.165) is 30.8 Å². The van der Waals surface area contributed by atoms with E-state index in [1.165, 1.54) is 0 Å². The highest BCUT2D eigenvalue weighted by Crippen LogP contribution is 2.10. The summed E-state index contributed by atoms with van der Waals surface area (Å²) >= 11 is 0. The molecule has 0 atom stereocenters. The molecule has 0 radical (unpaired) electrons. The van der Waals surface area contributed by atoms with Gasteiger partial charge in [0.15, 0.2) is 0 Å². The summed E-state index contributed by atoms with van der Waals surface area (Å²) in [7, 11) is 0. The molecule has 84 valence electrons. The molecular formula is C13H15NO2. The molecule has 0 amide bonds. The Morgan fingerprint density at radius 2 is 2.12 bits per heavy atom. The largest absolute Gasteiger partial charge is 0.508 e. The topological polar surface area (TPSA) is 45.4 Å². The Labute approximate surface area is 94.7 Å². The van der Waals surface area contributed by atoms with E-state index in [4.69, 9.17) is 4.42 Å². The summed E-state index contributed by atoms with van der Waals surface area (Å²) in [5, 5.41) is 12.6. The van der Waals surface area contributed by atoms with Gasteiger partial charge in [-0.15, -0.1) is 0 Å². The average molecular weight is 217 g/mol. The van der Waals surface area contributed by atoms with Gasteiger partial charge in [-0.3, -0.25) is 0 Å². The molecule has 0 aliphatic heterocycles. The van der Waals surface area contributed by atoms with E-state index in [9.17, 15) is 5.11 Å². The normalized spacial score (nSPS) is 10.5. The minimum atomic E-state index is 0.310. The Hall–Kier alpha value is -1.74. The maximum absolute atomic E-state index is 9.28. The Morgan fingerprint density at radius 1 is 1.19 bits per heavy atom. The first kappa shape index (κ1) is 10.8. The van der Waals surface area contributed by atoms with E-state index in [2.05, 4.69) is 5.32 Å². The molecule has 0 saturated carbocycles. The van der Waals surface area contributed by atoms with Gasteiger partial charge < -0.3 is 14.8 Å². The Bertz CT molecular complexity index is 423. The van der Waals surface area contributed by atoms with Crippen LogP contribution < -0.4 is 5.32 Å². The fourth-order valence-electron chi connectivity index (χ4n) is 1.57. The molecule has 2 rings (SSSR count). The van der Waals surface area contributed by atoms with Gasteiger partial charge in [-0.25, -0.2) is 0 Å². The van der Waals surface area contributed by atoms with E-state index in [1.54, 1.807) is 18.4 Å². The number of nitrogens with one attached hydrogen (secondary N) is 1. The van der Waals surface area contributed by atoms with Crippen LogP contribution in [0.3, 0.4) is 0 Å². The summed E-state index contributed by atoms with van der Waals surface area (Å²) in [5.74, 6) is 1.30. The van der Waals surface area contributed by atoms with Gasteiger partial charge in [-0.2, -0.15) is 0 Å². The molecule has 1 aromatic heterocycles. The Morgan fingerprint density at radius 3 is 2.88 bits per heavy atom. The number of rotatable bonds is 5. The van der Waals surface area contributed by atoms with E-state index in [0.29, 0.717) is 5.75 Å². The van der Waals surface area contributed by atoms with Crippen molar-refractivity contribution in [3.05, 3.63) is 54.0 Å². The first-order chi connectivity index (χ1) is 7.84. The minimum absolute atomic E-state index is 0.310. The van der Waals surface area contributed by atoms with Crippen molar-refractivity contribution >= 4 is 0 Å². The number of phenolic OH excluding ortho intramolecular Hbond substituents is 1. The van der Waals surface area contributed by atoms with Crippen molar-refractivity contribution in [2.24, 2.45) is 0 Å². The third kappa shape index (κ3) is 3.14. The zero-order valence-electron chi connectivity index (χ0n) is 9.02. The van der Waals surface area contributed by atoms with Crippen molar-refractivity contribution in [2.75, 3.05) is 6.54 Å². The van der Waals surface area contributed by atoms with Crippen LogP contribution in [0.15, 0.2) is 47.1 Å². The molecule has 0 aliphatic carbocycles. The molecule has 0 saturated heterocycles. The number of furan rings is 1. The van der Waals surface area contributed by atoms with Gasteiger partial charge in [0.25, 0.3) is 0 Å². The molecule has 0 spiro atoms. The lowest BCUT2D eigenvalue weighted by atomic mass is 10.2. The lowest BCUT2D eigenvalue weighted by Gasteiger charge is -2.04. The van der Waals surface area contributed by atoms with Gasteiger partial charge in [-0.1, -0.05) is 12.1 Å². The average Bonchev–Trinajstić information content (AvgIpc) is 2.77. The quantitative estimate of drug-likeness (QED) is 0.755. The standard InChI is InChI=1S/C13H15NO2/c15-12-4-1-3-11(9-12)10-14-7-6-13-5-2-8-16-13/h1-5,8-9,14-15H,6-7,10H2.